The summed E-state index contributed by atoms with van der Waals surface area (Å²) in [4.78, 5) is 48.8. The summed E-state index contributed by atoms with van der Waals surface area (Å²) in [6.07, 6.45) is 2.42. The molecule has 0 radical (unpaired) electrons. The SMILES string of the molecule is CCNc1ccc(C(=O)C2CCc3nc(NC(=O)NCCN(C)C)sc3C2=O)cn1. The summed E-state index contributed by atoms with van der Waals surface area (Å²) in [5.41, 5.74) is 1.06. The number of nitrogens with zero attached hydrogens (tertiary/aromatic N) is 3. The topological polar surface area (TPSA) is 116 Å². The Morgan fingerprint density at radius 3 is 2.77 bits per heavy atom. The molecule has 0 bridgehead atoms. The molecule has 1 unspecified atom stereocenters. The van der Waals surface area contributed by atoms with Crippen LogP contribution in [0.4, 0.5) is 15.7 Å². The Labute approximate surface area is 179 Å². The van der Waals surface area contributed by atoms with E-state index in [2.05, 4.69) is 25.9 Å². The molecule has 1 aliphatic carbocycles. The van der Waals surface area contributed by atoms with Gasteiger partial charge >= 0.3 is 6.03 Å². The fourth-order valence-corrected chi connectivity index (χ4v) is 4.15. The minimum absolute atomic E-state index is 0.231. The van der Waals surface area contributed by atoms with Crippen LogP contribution in [0.15, 0.2) is 18.3 Å². The normalized spacial score (nSPS) is 15.6. The number of hydrogen-bond acceptors (Lipinski definition) is 8. The monoisotopic (exact) mass is 430 g/mol. The molecule has 30 heavy (non-hydrogen) atoms. The summed E-state index contributed by atoms with van der Waals surface area (Å²) in [6.45, 7) is 3.92. The lowest BCUT2D eigenvalue weighted by Crippen LogP contribution is -2.34. The highest BCUT2D eigenvalue weighted by Gasteiger charge is 2.36. The van der Waals surface area contributed by atoms with E-state index in [0.29, 0.717) is 53.0 Å². The van der Waals surface area contributed by atoms with Crippen molar-refractivity contribution in [1.29, 1.82) is 0 Å². The number of pyridine rings is 1. The number of Topliss-reactive ketones (excluding diaryl/α,β-unsaturated/α-hetero) is 2. The quantitative estimate of drug-likeness (QED) is 0.434. The molecule has 3 N–H and O–H groups in total. The molecule has 0 aromatic carbocycles. The van der Waals surface area contributed by atoms with Crippen LogP contribution in [0.5, 0.6) is 0 Å². The second-order valence-electron chi connectivity index (χ2n) is 7.26. The van der Waals surface area contributed by atoms with E-state index in [-0.39, 0.29) is 17.6 Å². The van der Waals surface area contributed by atoms with Crippen LogP contribution >= 0.6 is 11.3 Å². The highest BCUT2D eigenvalue weighted by atomic mass is 32.1. The molecule has 0 aliphatic heterocycles. The van der Waals surface area contributed by atoms with E-state index in [0.717, 1.165) is 17.9 Å². The van der Waals surface area contributed by atoms with Crippen molar-refractivity contribution in [2.45, 2.75) is 19.8 Å². The van der Waals surface area contributed by atoms with E-state index in [4.69, 9.17) is 0 Å². The molecule has 0 fully saturated rings. The number of anilines is 2. The number of amides is 2. The van der Waals surface area contributed by atoms with Gasteiger partial charge in [-0.15, -0.1) is 0 Å². The van der Waals surface area contributed by atoms with E-state index < -0.39 is 5.92 Å². The van der Waals surface area contributed by atoms with Gasteiger partial charge in [0, 0.05) is 31.4 Å². The summed E-state index contributed by atoms with van der Waals surface area (Å²) in [7, 11) is 3.84. The molecule has 10 heteroatoms. The number of urea groups is 1. The Hall–Kier alpha value is -2.85. The van der Waals surface area contributed by atoms with Crippen LogP contribution in [0.3, 0.4) is 0 Å². The maximum Gasteiger partial charge on any atom is 0.321 e. The van der Waals surface area contributed by atoms with Crippen molar-refractivity contribution in [3.05, 3.63) is 34.5 Å². The number of carbonyl (C=O) groups excluding carboxylic acids is 3. The van der Waals surface area contributed by atoms with Gasteiger partial charge in [0.25, 0.3) is 0 Å². The molecule has 0 spiro atoms. The van der Waals surface area contributed by atoms with Gasteiger partial charge in [-0.3, -0.25) is 14.9 Å². The summed E-state index contributed by atoms with van der Waals surface area (Å²) >= 11 is 1.12. The molecule has 0 saturated carbocycles. The van der Waals surface area contributed by atoms with Crippen LogP contribution < -0.4 is 16.0 Å². The molecule has 9 nitrogen and oxygen atoms in total. The minimum atomic E-state index is -0.744. The van der Waals surface area contributed by atoms with Gasteiger partial charge in [0.1, 0.15) is 5.82 Å². The number of thiazole rings is 1. The zero-order valence-electron chi connectivity index (χ0n) is 17.3. The molecule has 0 saturated heterocycles. The van der Waals surface area contributed by atoms with Gasteiger partial charge in [0.15, 0.2) is 16.7 Å². The van der Waals surface area contributed by atoms with Crippen LogP contribution in [0.25, 0.3) is 0 Å². The summed E-state index contributed by atoms with van der Waals surface area (Å²) in [5.74, 6) is -0.527. The lowest BCUT2D eigenvalue weighted by Gasteiger charge is -2.18. The second-order valence-corrected chi connectivity index (χ2v) is 8.26. The third-order valence-corrected chi connectivity index (χ3v) is 5.72. The number of carbonyl (C=O) groups is 3. The molecule has 2 heterocycles. The van der Waals surface area contributed by atoms with Crippen LogP contribution in [0, 0.1) is 5.92 Å². The van der Waals surface area contributed by atoms with Crippen molar-refractivity contribution in [1.82, 2.24) is 20.2 Å². The first-order valence-electron chi connectivity index (χ1n) is 9.86. The van der Waals surface area contributed by atoms with Gasteiger partial charge < -0.3 is 15.5 Å². The number of likely N-dealkylation sites (N-methyl/N-ethyl adjacent to an activating group) is 1. The van der Waals surface area contributed by atoms with Crippen molar-refractivity contribution in [2.75, 3.05) is 44.4 Å². The number of ketones is 2. The summed E-state index contributed by atoms with van der Waals surface area (Å²) in [6, 6.07) is 3.06. The van der Waals surface area contributed by atoms with Gasteiger partial charge in [0.05, 0.1) is 16.5 Å². The first-order valence-corrected chi connectivity index (χ1v) is 10.7. The van der Waals surface area contributed by atoms with Gasteiger partial charge in [-0.05, 0) is 46.0 Å². The van der Waals surface area contributed by atoms with Gasteiger partial charge in [0.2, 0.25) is 0 Å². The molecule has 3 rings (SSSR count). The molecule has 1 aliphatic rings. The average Bonchev–Trinajstić information content (AvgIpc) is 3.12. The Balaban J connectivity index is 1.65. The van der Waals surface area contributed by atoms with E-state index in [1.54, 1.807) is 12.1 Å². The van der Waals surface area contributed by atoms with Crippen molar-refractivity contribution < 1.29 is 14.4 Å². The van der Waals surface area contributed by atoms with E-state index in [1.165, 1.54) is 6.20 Å². The predicted molar refractivity (Wildman–Crippen MR) is 117 cm³/mol. The minimum Gasteiger partial charge on any atom is -0.370 e. The first kappa shape index (κ1) is 21.8. The zero-order valence-corrected chi connectivity index (χ0v) is 18.1. The van der Waals surface area contributed by atoms with Crippen molar-refractivity contribution in [2.24, 2.45) is 5.92 Å². The Bertz CT molecular complexity index is 925. The fraction of sp³-hybridized carbons (Fsp3) is 0.450. The molecule has 2 aromatic rings. The van der Waals surface area contributed by atoms with Crippen LogP contribution in [-0.2, 0) is 6.42 Å². The largest absolute Gasteiger partial charge is 0.370 e. The standard InChI is InChI=1S/C20H26N6O3S/c1-4-21-15-8-5-12(11-23-15)16(27)13-6-7-14-18(17(13)28)30-20(24-14)25-19(29)22-9-10-26(2)3/h5,8,11,13H,4,6-7,9-10H2,1-3H3,(H,21,23)(H2,22,24,25,29). The summed E-state index contributed by atoms with van der Waals surface area (Å²) < 4.78 is 0. The van der Waals surface area contributed by atoms with E-state index >= 15 is 0 Å². The highest BCUT2D eigenvalue weighted by Crippen LogP contribution is 2.33. The molecular weight excluding hydrogens is 404 g/mol. The van der Waals surface area contributed by atoms with Crippen molar-refractivity contribution >= 4 is 39.9 Å². The van der Waals surface area contributed by atoms with Gasteiger partial charge in [-0.2, -0.15) is 0 Å². The maximum atomic E-state index is 12.9. The third-order valence-electron chi connectivity index (χ3n) is 4.69. The highest BCUT2D eigenvalue weighted by molar-refractivity contribution is 7.17. The zero-order chi connectivity index (χ0) is 21.7. The number of rotatable bonds is 8. The molecular formula is C20H26N6O3S. The van der Waals surface area contributed by atoms with Crippen molar-refractivity contribution in [3.8, 4) is 0 Å². The second kappa shape index (κ2) is 9.77. The molecule has 1 atom stereocenters. The first-order chi connectivity index (χ1) is 14.4. The molecule has 2 amide bonds. The van der Waals surface area contributed by atoms with Crippen LogP contribution in [-0.4, -0.2) is 66.2 Å². The lowest BCUT2D eigenvalue weighted by atomic mass is 9.84. The van der Waals surface area contributed by atoms with E-state index in [9.17, 15) is 14.4 Å². The van der Waals surface area contributed by atoms with Gasteiger partial charge in [-0.25, -0.2) is 14.8 Å². The molecule has 160 valence electrons. The lowest BCUT2D eigenvalue weighted by molar-refractivity contribution is 0.0792. The molecule has 2 aromatic heterocycles. The van der Waals surface area contributed by atoms with E-state index in [1.807, 2.05) is 25.9 Å². The fourth-order valence-electron chi connectivity index (χ4n) is 3.15. The number of nitrogens with one attached hydrogen (secondary N) is 3. The smallest absolute Gasteiger partial charge is 0.321 e. The van der Waals surface area contributed by atoms with Gasteiger partial charge in [-0.1, -0.05) is 11.3 Å². The number of aromatic nitrogens is 2. The van der Waals surface area contributed by atoms with Crippen LogP contribution in [0.1, 0.15) is 39.1 Å². The predicted octanol–water partition coefficient (Wildman–Crippen LogP) is 2.28. The number of fused-ring (bicyclic) bond motifs is 1. The Morgan fingerprint density at radius 2 is 2.10 bits per heavy atom. The number of aryl methyl sites for hydroxylation is 1. The Kier molecular flexibility index (Phi) is 7.11. The van der Waals surface area contributed by atoms with Crippen LogP contribution in [0.2, 0.25) is 0 Å². The van der Waals surface area contributed by atoms with Crippen molar-refractivity contribution in [3.63, 3.8) is 0 Å². The average molecular weight is 431 g/mol. The maximum absolute atomic E-state index is 12.9. The number of hydrogen-bond donors (Lipinski definition) is 3. The third kappa shape index (κ3) is 5.19. The summed E-state index contributed by atoms with van der Waals surface area (Å²) in [5, 5.41) is 8.85. The Morgan fingerprint density at radius 1 is 1.30 bits per heavy atom.